The summed E-state index contributed by atoms with van der Waals surface area (Å²) in [6.07, 6.45) is 0. The summed E-state index contributed by atoms with van der Waals surface area (Å²) in [5.74, 6) is -0.204. The lowest BCUT2D eigenvalue weighted by Gasteiger charge is -2.26. The van der Waals surface area contributed by atoms with Crippen LogP contribution in [0.4, 0.5) is 0 Å². The van der Waals surface area contributed by atoms with Crippen molar-refractivity contribution in [3.63, 3.8) is 0 Å². The number of benzene rings is 1. The highest BCUT2D eigenvalue weighted by Gasteiger charge is 2.31. The van der Waals surface area contributed by atoms with Crippen molar-refractivity contribution < 1.29 is 0 Å². The van der Waals surface area contributed by atoms with Crippen LogP contribution in [0, 0.1) is 29.6 Å². The van der Waals surface area contributed by atoms with E-state index >= 15 is 0 Å². The molecular formula is C14H12N4S. The number of thiol groups is 1. The summed E-state index contributed by atoms with van der Waals surface area (Å²) in [4.78, 5) is 0. The van der Waals surface area contributed by atoms with Crippen LogP contribution in [0.15, 0.2) is 46.3 Å². The molecule has 3 N–H and O–H groups in total. The molecule has 1 aromatic carbocycles. The summed E-state index contributed by atoms with van der Waals surface area (Å²) >= 11 is 4.24. The van der Waals surface area contributed by atoms with Crippen molar-refractivity contribution in [1.82, 2.24) is 5.32 Å². The Kier molecular flexibility index (Phi) is 3.50. The van der Waals surface area contributed by atoms with E-state index in [0.29, 0.717) is 16.2 Å². The minimum atomic E-state index is -0.454. The van der Waals surface area contributed by atoms with Gasteiger partial charge in [0.15, 0.2) is 0 Å². The number of nitrogens with zero attached hydrogens (tertiary/aromatic N) is 2. The maximum Gasteiger partial charge on any atom is 0.116 e. The molecule has 1 aromatic rings. The Bertz CT molecular complexity index is 637. The fourth-order valence-electron chi connectivity index (χ4n) is 2.16. The molecule has 0 saturated carbocycles. The first-order chi connectivity index (χ1) is 9.10. The highest BCUT2D eigenvalue weighted by Crippen LogP contribution is 2.38. The van der Waals surface area contributed by atoms with Gasteiger partial charge in [-0.15, -0.1) is 12.6 Å². The molecular weight excluding hydrogens is 256 g/mol. The number of dihydropyridines is 1. The lowest BCUT2D eigenvalue weighted by Crippen LogP contribution is -2.28. The van der Waals surface area contributed by atoms with Gasteiger partial charge in [0.05, 0.1) is 34.2 Å². The molecule has 19 heavy (non-hydrogen) atoms. The molecule has 1 atom stereocenters. The van der Waals surface area contributed by atoms with Crippen molar-refractivity contribution in [3.8, 4) is 12.1 Å². The zero-order valence-corrected chi connectivity index (χ0v) is 11.2. The van der Waals surface area contributed by atoms with Crippen molar-refractivity contribution in [2.45, 2.75) is 12.8 Å². The third-order valence-corrected chi connectivity index (χ3v) is 3.47. The molecule has 1 aliphatic heterocycles. The molecule has 1 heterocycles. The van der Waals surface area contributed by atoms with Gasteiger partial charge in [-0.05, 0) is 18.1 Å². The molecule has 0 spiro atoms. The Morgan fingerprint density at radius 3 is 2.42 bits per heavy atom. The van der Waals surface area contributed by atoms with Crippen molar-refractivity contribution in [2.75, 3.05) is 0 Å². The number of aryl methyl sites for hydroxylation is 1. The first kappa shape index (κ1) is 13.1. The molecule has 0 fully saturated rings. The van der Waals surface area contributed by atoms with Gasteiger partial charge in [-0.2, -0.15) is 10.5 Å². The third-order valence-electron chi connectivity index (χ3n) is 3.12. The van der Waals surface area contributed by atoms with E-state index in [4.69, 9.17) is 5.73 Å². The van der Waals surface area contributed by atoms with Gasteiger partial charge in [0, 0.05) is 0 Å². The molecule has 4 nitrogen and oxygen atoms in total. The second-order valence-electron chi connectivity index (χ2n) is 4.23. The van der Waals surface area contributed by atoms with Crippen LogP contribution in [0.1, 0.15) is 17.0 Å². The fourth-order valence-corrected chi connectivity index (χ4v) is 2.46. The lowest BCUT2D eigenvalue weighted by molar-refractivity contribution is 0.837. The SMILES string of the molecule is Cc1ccccc1[C@@H]1C(C#N)=C(N)NC(S)=C1C#N. The molecule has 1 aliphatic rings. The van der Waals surface area contributed by atoms with Gasteiger partial charge in [-0.25, -0.2) is 0 Å². The lowest BCUT2D eigenvalue weighted by atomic mass is 9.82. The van der Waals surface area contributed by atoms with Crippen LogP contribution in [-0.2, 0) is 0 Å². The number of nitrogens with one attached hydrogen (secondary N) is 1. The second-order valence-corrected chi connectivity index (χ2v) is 4.68. The number of hydrogen-bond donors (Lipinski definition) is 3. The molecule has 0 aromatic heterocycles. The van der Waals surface area contributed by atoms with E-state index < -0.39 is 5.92 Å². The number of allylic oxidation sites excluding steroid dienone is 2. The van der Waals surface area contributed by atoms with E-state index in [2.05, 4.69) is 30.1 Å². The molecule has 0 amide bonds. The smallest absolute Gasteiger partial charge is 0.116 e. The Labute approximate surface area is 117 Å². The van der Waals surface area contributed by atoms with Gasteiger partial charge < -0.3 is 11.1 Å². The maximum absolute atomic E-state index is 9.31. The topological polar surface area (TPSA) is 85.6 Å². The minimum Gasteiger partial charge on any atom is -0.384 e. The Morgan fingerprint density at radius 2 is 1.84 bits per heavy atom. The summed E-state index contributed by atoms with van der Waals surface area (Å²) in [6, 6.07) is 11.8. The molecule has 5 heteroatoms. The van der Waals surface area contributed by atoms with Crippen LogP contribution >= 0.6 is 12.6 Å². The van der Waals surface area contributed by atoms with Crippen LogP contribution in [-0.4, -0.2) is 0 Å². The summed E-state index contributed by atoms with van der Waals surface area (Å²) in [5.41, 5.74) is 8.48. The van der Waals surface area contributed by atoms with E-state index in [1.54, 1.807) is 0 Å². The van der Waals surface area contributed by atoms with Gasteiger partial charge in [0.2, 0.25) is 0 Å². The Balaban J connectivity index is 2.69. The zero-order valence-electron chi connectivity index (χ0n) is 10.3. The number of nitrogens with two attached hydrogens (primary N) is 1. The van der Waals surface area contributed by atoms with Gasteiger partial charge in [-0.1, -0.05) is 24.3 Å². The van der Waals surface area contributed by atoms with E-state index in [9.17, 15) is 10.5 Å². The first-order valence-electron chi connectivity index (χ1n) is 5.65. The van der Waals surface area contributed by atoms with Crippen LogP contribution in [0.5, 0.6) is 0 Å². The summed E-state index contributed by atoms with van der Waals surface area (Å²) in [5, 5.41) is 21.8. The third kappa shape index (κ3) is 2.16. The van der Waals surface area contributed by atoms with Gasteiger partial charge in [-0.3, -0.25) is 0 Å². The second kappa shape index (κ2) is 5.09. The summed E-state index contributed by atoms with van der Waals surface area (Å²) in [7, 11) is 0. The van der Waals surface area contributed by atoms with Gasteiger partial charge in [0.1, 0.15) is 5.82 Å². The van der Waals surface area contributed by atoms with E-state index in [1.807, 2.05) is 31.2 Å². The fraction of sp³-hybridized carbons (Fsp3) is 0.143. The molecule has 0 saturated heterocycles. The van der Waals surface area contributed by atoms with Crippen molar-refractivity contribution in [1.29, 1.82) is 10.5 Å². The van der Waals surface area contributed by atoms with Crippen LogP contribution in [0.3, 0.4) is 0 Å². The van der Waals surface area contributed by atoms with Crippen molar-refractivity contribution in [2.24, 2.45) is 5.73 Å². The quantitative estimate of drug-likeness (QED) is 0.680. The zero-order chi connectivity index (χ0) is 14.0. The summed E-state index contributed by atoms with van der Waals surface area (Å²) in [6.45, 7) is 1.94. The standard InChI is InChI=1S/C14H12N4S/c1-8-4-2-3-5-9(8)12-10(6-15)13(17)18-14(19)11(12)7-16/h2-5,12,18-19H,17H2,1H3/t12-/m1/s1. The average molecular weight is 268 g/mol. The van der Waals surface area contributed by atoms with Gasteiger partial charge in [0.25, 0.3) is 0 Å². The Hall–Kier alpha value is -2.37. The van der Waals surface area contributed by atoms with Gasteiger partial charge >= 0.3 is 0 Å². The Morgan fingerprint density at radius 1 is 1.21 bits per heavy atom. The van der Waals surface area contributed by atoms with E-state index in [-0.39, 0.29) is 5.82 Å². The van der Waals surface area contributed by atoms with Crippen molar-refractivity contribution in [3.05, 3.63) is 57.4 Å². The first-order valence-corrected chi connectivity index (χ1v) is 6.10. The molecule has 0 aliphatic carbocycles. The normalized spacial score (nSPS) is 18.6. The highest BCUT2D eigenvalue weighted by atomic mass is 32.1. The number of hydrogen-bond acceptors (Lipinski definition) is 5. The molecule has 2 rings (SSSR count). The largest absolute Gasteiger partial charge is 0.384 e. The van der Waals surface area contributed by atoms with Crippen molar-refractivity contribution >= 4 is 12.6 Å². The van der Waals surface area contributed by atoms with Crippen LogP contribution < -0.4 is 11.1 Å². The van der Waals surface area contributed by atoms with E-state index in [1.165, 1.54) is 0 Å². The number of rotatable bonds is 1. The average Bonchev–Trinajstić information content (AvgIpc) is 2.38. The maximum atomic E-state index is 9.31. The monoisotopic (exact) mass is 268 g/mol. The predicted octanol–water partition coefficient (Wildman–Crippen LogP) is 2.04. The molecule has 0 unspecified atom stereocenters. The predicted molar refractivity (Wildman–Crippen MR) is 75.5 cm³/mol. The van der Waals surface area contributed by atoms with Crippen LogP contribution in [0.25, 0.3) is 0 Å². The van der Waals surface area contributed by atoms with E-state index in [0.717, 1.165) is 11.1 Å². The molecule has 94 valence electrons. The minimum absolute atomic E-state index is 0.250. The molecule has 0 bridgehead atoms. The highest BCUT2D eigenvalue weighted by molar-refractivity contribution is 7.84. The summed E-state index contributed by atoms with van der Waals surface area (Å²) < 4.78 is 0. The molecule has 0 radical (unpaired) electrons. The van der Waals surface area contributed by atoms with Crippen LogP contribution in [0.2, 0.25) is 0 Å². The number of nitriles is 2.